The van der Waals surface area contributed by atoms with Crippen molar-refractivity contribution in [2.75, 3.05) is 13.2 Å². The molecule has 1 aliphatic rings. The van der Waals surface area contributed by atoms with Crippen LogP contribution in [0.4, 0.5) is 0 Å². The Kier molecular flexibility index (Phi) is 7.61. The molecule has 2 aromatic carbocycles. The summed E-state index contributed by atoms with van der Waals surface area (Å²) in [4.78, 5) is 27.5. The minimum absolute atomic E-state index is 0.202. The molecule has 1 aliphatic heterocycles. The molecule has 1 atom stereocenters. The highest BCUT2D eigenvalue weighted by Crippen LogP contribution is 2.28. The number of hydrogen-bond donors (Lipinski definition) is 2. The number of aromatic nitrogens is 2. The summed E-state index contributed by atoms with van der Waals surface area (Å²) in [5.74, 6) is -0.358. The predicted octanol–water partition coefficient (Wildman–Crippen LogP) is 5.08. The maximum atomic E-state index is 13.1. The Labute approximate surface area is 210 Å². The third-order valence-electron chi connectivity index (χ3n) is 6.37. The lowest BCUT2D eigenvalue weighted by atomic mass is 9.99. The summed E-state index contributed by atoms with van der Waals surface area (Å²) in [6, 6.07) is 20.1. The van der Waals surface area contributed by atoms with E-state index in [0.29, 0.717) is 28.8 Å². The Morgan fingerprint density at radius 2 is 1.78 bits per heavy atom. The van der Waals surface area contributed by atoms with Crippen LogP contribution >= 0.6 is 0 Å². The average Bonchev–Trinajstić information content (AvgIpc) is 2.95. The van der Waals surface area contributed by atoms with E-state index in [1.165, 1.54) is 5.56 Å². The van der Waals surface area contributed by atoms with Gasteiger partial charge in [0.15, 0.2) is 6.29 Å². The number of carbonyl (C=O) groups excluding carboxylic acids is 1. The first-order chi connectivity index (χ1) is 17.7. The number of carbonyl (C=O) groups is 1. The maximum Gasteiger partial charge on any atom is 0.275 e. The molecule has 1 amide bonds. The second-order valence-electron chi connectivity index (χ2n) is 8.89. The highest BCUT2D eigenvalue weighted by atomic mass is 16.8. The molecule has 1 saturated heterocycles. The molecular weight excluding hydrogens is 454 g/mol. The molecule has 0 aliphatic carbocycles. The van der Waals surface area contributed by atoms with Crippen molar-refractivity contribution in [1.82, 2.24) is 15.4 Å². The van der Waals surface area contributed by atoms with Gasteiger partial charge in [-0.15, -0.1) is 0 Å². The van der Waals surface area contributed by atoms with E-state index in [1.54, 1.807) is 24.5 Å². The first kappa shape index (κ1) is 24.1. The molecule has 1 fully saturated rings. The fraction of sp³-hybridized carbons (Fsp3) is 0.276. The average molecular weight is 484 g/mol. The third-order valence-corrected chi connectivity index (χ3v) is 6.37. The summed E-state index contributed by atoms with van der Waals surface area (Å²) in [6.07, 6.45) is 7.29. The van der Waals surface area contributed by atoms with Crippen molar-refractivity contribution in [3.8, 4) is 22.4 Å². The summed E-state index contributed by atoms with van der Waals surface area (Å²) in [6.45, 7) is 0.838. The van der Waals surface area contributed by atoms with Crippen LogP contribution in [-0.2, 0) is 16.0 Å². The molecule has 7 heteroatoms. The number of benzene rings is 2. The summed E-state index contributed by atoms with van der Waals surface area (Å²) >= 11 is 0. The van der Waals surface area contributed by atoms with Gasteiger partial charge in [-0.25, -0.2) is 15.3 Å². The van der Waals surface area contributed by atoms with Gasteiger partial charge in [0.2, 0.25) is 0 Å². The lowest BCUT2D eigenvalue weighted by molar-refractivity contribution is -0.186. The van der Waals surface area contributed by atoms with E-state index in [2.05, 4.69) is 46.9 Å². The SMILES string of the molecule is O=C(NOC1CCCCO1)c1cc(-c2ccc(-c3ccc(CCCO)cc3)cc2)nc2ccncc12. The second kappa shape index (κ2) is 11.4. The first-order valence-electron chi connectivity index (χ1n) is 12.3. The topological polar surface area (TPSA) is 93.6 Å². The van der Waals surface area contributed by atoms with Gasteiger partial charge in [-0.05, 0) is 54.5 Å². The molecule has 5 rings (SSSR count). The highest BCUT2D eigenvalue weighted by molar-refractivity contribution is 6.06. The number of hydrogen-bond acceptors (Lipinski definition) is 6. The largest absolute Gasteiger partial charge is 0.396 e. The highest BCUT2D eigenvalue weighted by Gasteiger charge is 2.19. The molecule has 0 spiro atoms. The van der Waals surface area contributed by atoms with Crippen LogP contribution in [0.5, 0.6) is 0 Å². The van der Waals surface area contributed by atoms with Crippen molar-refractivity contribution < 1.29 is 19.5 Å². The van der Waals surface area contributed by atoms with Gasteiger partial charge in [0.1, 0.15) is 0 Å². The van der Waals surface area contributed by atoms with E-state index in [4.69, 9.17) is 19.7 Å². The third kappa shape index (κ3) is 5.60. The zero-order valence-corrected chi connectivity index (χ0v) is 20.0. The van der Waals surface area contributed by atoms with Crippen LogP contribution in [0.1, 0.15) is 41.6 Å². The van der Waals surface area contributed by atoms with Gasteiger partial charge in [-0.3, -0.25) is 9.78 Å². The Balaban J connectivity index is 1.38. The molecule has 36 heavy (non-hydrogen) atoms. The van der Waals surface area contributed by atoms with Gasteiger partial charge in [0, 0.05) is 43.0 Å². The normalized spacial score (nSPS) is 15.6. The molecule has 2 N–H and O–H groups in total. The molecule has 184 valence electrons. The van der Waals surface area contributed by atoms with Crippen LogP contribution in [0.25, 0.3) is 33.3 Å². The number of aryl methyl sites for hydroxylation is 1. The quantitative estimate of drug-likeness (QED) is 0.340. The Morgan fingerprint density at radius 1 is 1.03 bits per heavy atom. The van der Waals surface area contributed by atoms with Gasteiger partial charge in [0.05, 0.1) is 16.8 Å². The van der Waals surface area contributed by atoms with Crippen molar-refractivity contribution in [3.05, 3.63) is 84.2 Å². The molecule has 0 saturated carbocycles. The molecule has 0 radical (unpaired) electrons. The smallest absolute Gasteiger partial charge is 0.275 e. The first-order valence-corrected chi connectivity index (χ1v) is 12.3. The Bertz CT molecular complexity index is 1320. The summed E-state index contributed by atoms with van der Waals surface area (Å²) in [7, 11) is 0. The van der Waals surface area contributed by atoms with Crippen LogP contribution in [-0.4, -0.2) is 40.5 Å². The summed E-state index contributed by atoms with van der Waals surface area (Å²) in [5, 5.41) is 9.68. The fourth-order valence-electron chi connectivity index (χ4n) is 4.36. The molecular formula is C29H29N3O4. The number of nitrogens with one attached hydrogen (secondary N) is 1. The van der Waals surface area contributed by atoms with Gasteiger partial charge in [-0.2, -0.15) is 0 Å². The second-order valence-corrected chi connectivity index (χ2v) is 8.89. The monoisotopic (exact) mass is 483 g/mol. The number of aliphatic hydroxyl groups excluding tert-OH is 1. The summed E-state index contributed by atoms with van der Waals surface area (Å²) < 4.78 is 5.54. The molecule has 1 unspecified atom stereocenters. The van der Waals surface area contributed by atoms with Gasteiger partial charge in [-0.1, -0.05) is 48.5 Å². The fourth-order valence-corrected chi connectivity index (χ4v) is 4.36. The number of ether oxygens (including phenoxy) is 1. The number of nitrogens with zero attached hydrogens (tertiary/aromatic N) is 2. The molecule has 7 nitrogen and oxygen atoms in total. The van der Waals surface area contributed by atoms with Gasteiger partial charge < -0.3 is 9.84 Å². The number of aliphatic hydroxyl groups is 1. The van der Waals surface area contributed by atoms with Crippen LogP contribution in [0.2, 0.25) is 0 Å². The number of amides is 1. The number of fused-ring (bicyclic) bond motifs is 1. The van der Waals surface area contributed by atoms with E-state index in [1.807, 2.05) is 12.1 Å². The van der Waals surface area contributed by atoms with E-state index < -0.39 is 6.29 Å². The number of pyridine rings is 2. The predicted molar refractivity (Wildman–Crippen MR) is 138 cm³/mol. The minimum Gasteiger partial charge on any atom is -0.396 e. The number of hydroxylamine groups is 1. The van der Waals surface area contributed by atoms with Crippen molar-refractivity contribution >= 4 is 16.8 Å². The van der Waals surface area contributed by atoms with E-state index in [0.717, 1.165) is 48.8 Å². The van der Waals surface area contributed by atoms with Crippen molar-refractivity contribution in [1.29, 1.82) is 0 Å². The molecule has 2 aromatic heterocycles. The molecule has 3 heterocycles. The lowest BCUT2D eigenvalue weighted by Crippen LogP contribution is -2.33. The zero-order chi connectivity index (χ0) is 24.7. The van der Waals surface area contributed by atoms with Crippen LogP contribution in [0.15, 0.2) is 73.1 Å². The Hall–Kier alpha value is -3.65. The minimum atomic E-state index is -0.426. The Morgan fingerprint density at radius 3 is 2.50 bits per heavy atom. The van der Waals surface area contributed by atoms with Crippen molar-refractivity contribution in [2.45, 2.75) is 38.4 Å². The van der Waals surface area contributed by atoms with Crippen LogP contribution < -0.4 is 5.48 Å². The van der Waals surface area contributed by atoms with E-state index in [9.17, 15) is 4.79 Å². The number of rotatable bonds is 8. The summed E-state index contributed by atoms with van der Waals surface area (Å²) in [5.41, 5.74) is 8.71. The maximum absolute atomic E-state index is 13.1. The van der Waals surface area contributed by atoms with Crippen molar-refractivity contribution in [3.63, 3.8) is 0 Å². The standard InChI is InChI=1S/C29H29N3O4/c33-16-3-4-20-6-8-21(9-7-20)22-10-12-23(13-11-22)27-18-24(25-19-30-15-14-26(25)31-27)29(34)32-36-28-5-1-2-17-35-28/h6-15,18-19,28,33H,1-5,16-17H2,(H,32,34). The van der Waals surface area contributed by atoms with Crippen LogP contribution in [0.3, 0.4) is 0 Å². The van der Waals surface area contributed by atoms with Crippen molar-refractivity contribution in [2.24, 2.45) is 0 Å². The van der Waals surface area contributed by atoms with Gasteiger partial charge >= 0.3 is 0 Å². The molecule has 0 bridgehead atoms. The van der Waals surface area contributed by atoms with E-state index in [-0.39, 0.29) is 12.5 Å². The molecule has 4 aromatic rings. The zero-order valence-electron chi connectivity index (χ0n) is 20.0. The van der Waals surface area contributed by atoms with Crippen LogP contribution in [0, 0.1) is 0 Å². The lowest BCUT2D eigenvalue weighted by Gasteiger charge is -2.22. The van der Waals surface area contributed by atoms with Gasteiger partial charge in [0.25, 0.3) is 5.91 Å². The van der Waals surface area contributed by atoms with E-state index >= 15 is 0 Å².